The van der Waals surface area contributed by atoms with Crippen LogP contribution in [-0.2, 0) is 6.54 Å². The fourth-order valence-electron chi connectivity index (χ4n) is 2.87. The molecule has 1 aromatic heterocycles. The Balaban J connectivity index is 1.61. The first-order chi connectivity index (χ1) is 11.1. The summed E-state index contributed by atoms with van der Waals surface area (Å²) in [5, 5.41) is 9.29. The molecule has 0 radical (unpaired) electrons. The number of nitrogens with one attached hydrogen (secondary N) is 2. The second kappa shape index (κ2) is 6.87. The minimum absolute atomic E-state index is 0.0469. The summed E-state index contributed by atoms with van der Waals surface area (Å²) in [5.41, 5.74) is 0.482. The van der Waals surface area contributed by atoms with Crippen LogP contribution < -0.4 is 5.32 Å². The molecule has 1 aliphatic heterocycles. The molecule has 0 bridgehead atoms. The normalized spacial score (nSPS) is 18.8. The third-order valence-electron chi connectivity index (χ3n) is 4.03. The SMILES string of the molecule is O=C(N[C@@H]1CCCN(Cc2c(F)cccc2F)C1)c1ccn[nH]1. The van der Waals surface area contributed by atoms with Crippen LogP contribution in [0.3, 0.4) is 0 Å². The molecule has 23 heavy (non-hydrogen) atoms. The van der Waals surface area contributed by atoms with Gasteiger partial charge in [0, 0.05) is 30.9 Å². The average molecular weight is 320 g/mol. The number of hydrogen-bond donors (Lipinski definition) is 2. The fraction of sp³-hybridized carbons (Fsp3) is 0.375. The monoisotopic (exact) mass is 320 g/mol. The van der Waals surface area contributed by atoms with Crippen LogP contribution >= 0.6 is 0 Å². The Morgan fingerprint density at radius 2 is 2.13 bits per heavy atom. The number of carbonyl (C=O) groups excluding carboxylic acids is 1. The van der Waals surface area contributed by atoms with Gasteiger partial charge in [-0.05, 0) is 37.6 Å². The standard InChI is InChI=1S/C16H18F2N4O/c17-13-4-1-5-14(18)12(13)10-22-8-2-3-11(9-22)20-16(23)15-6-7-19-21-15/h1,4-7,11H,2-3,8-10H2,(H,19,21)(H,20,23)/t11-/m1/s1. The summed E-state index contributed by atoms with van der Waals surface area (Å²) in [6.07, 6.45) is 3.23. The van der Waals surface area contributed by atoms with Gasteiger partial charge in [0.2, 0.25) is 0 Å². The molecule has 0 saturated carbocycles. The van der Waals surface area contributed by atoms with Gasteiger partial charge in [0.1, 0.15) is 17.3 Å². The zero-order valence-electron chi connectivity index (χ0n) is 12.6. The van der Waals surface area contributed by atoms with E-state index in [1.807, 2.05) is 4.90 Å². The number of amides is 1. The summed E-state index contributed by atoms with van der Waals surface area (Å²) in [7, 11) is 0. The van der Waals surface area contributed by atoms with E-state index in [2.05, 4.69) is 15.5 Å². The predicted molar refractivity (Wildman–Crippen MR) is 80.7 cm³/mol. The molecule has 2 N–H and O–H groups in total. The van der Waals surface area contributed by atoms with Gasteiger partial charge < -0.3 is 5.32 Å². The Kier molecular flexibility index (Phi) is 4.66. The van der Waals surface area contributed by atoms with E-state index in [4.69, 9.17) is 0 Å². The van der Waals surface area contributed by atoms with Crippen molar-refractivity contribution in [1.82, 2.24) is 20.4 Å². The highest BCUT2D eigenvalue weighted by molar-refractivity contribution is 5.92. The quantitative estimate of drug-likeness (QED) is 0.907. The van der Waals surface area contributed by atoms with Crippen LogP contribution in [0.1, 0.15) is 28.9 Å². The molecule has 0 unspecified atom stereocenters. The number of hydrogen-bond acceptors (Lipinski definition) is 3. The van der Waals surface area contributed by atoms with Crippen LogP contribution in [0.2, 0.25) is 0 Å². The highest BCUT2D eigenvalue weighted by Crippen LogP contribution is 2.18. The van der Waals surface area contributed by atoms with Crippen molar-refractivity contribution in [2.45, 2.75) is 25.4 Å². The summed E-state index contributed by atoms with van der Waals surface area (Å²) >= 11 is 0. The van der Waals surface area contributed by atoms with Crippen molar-refractivity contribution in [2.24, 2.45) is 0 Å². The number of halogens is 2. The molecule has 1 fully saturated rings. The maximum absolute atomic E-state index is 13.8. The topological polar surface area (TPSA) is 61.0 Å². The van der Waals surface area contributed by atoms with Gasteiger partial charge in [0.25, 0.3) is 5.91 Å². The van der Waals surface area contributed by atoms with Crippen LogP contribution in [0.25, 0.3) is 0 Å². The second-order valence-corrected chi connectivity index (χ2v) is 5.72. The van der Waals surface area contributed by atoms with Gasteiger partial charge in [-0.25, -0.2) is 8.78 Å². The zero-order chi connectivity index (χ0) is 16.2. The lowest BCUT2D eigenvalue weighted by atomic mass is 10.0. The van der Waals surface area contributed by atoms with Gasteiger partial charge in [0.05, 0.1) is 0 Å². The number of benzene rings is 1. The fourth-order valence-corrected chi connectivity index (χ4v) is 2.87. The molecule has 1 aromatic carbocycles. The van der Waals surface area contributed by atoms with Gasteiger partial charge in [0.15, 0.2) is 0 Å². The summed E-state index contributed by atoms with van der Waals surface area (Å²) in [5.74, 6) is -1.28. The maximum atomic E-state index is 13.8. The largest absolute Gasteiger partial charge is 0.347 e. The Hall–Kier alpha value is -2.28. The lowest BCUT2D eigenvalue weighted by molar-refractivity contribution is 0.0894. The van der Waals surface area contributed by atoms with E-state index >= 15 is 0 Å². The molecule has 5 nitrogen and oxygen atoms in total. The predicted octanol–water partition coefficient (Wildman–Crippen LogP) is 2.08. The molecule has 2 heterocycles. The van der Waals surface area contributed by atoms with E-state index in [1.54, 1.807) is 6.07 Å². The van der Waals surface area contributed by atoms with Crippen molar-refractivity contribution in [3.8, 4) is 0 Å². The third kappa shape index (κ3) is 3.73. The minimum Gasteiger partial charge on any atom is -0.347 e. The molecular formula is C16H18F2N4O. The van der Waals surface area contributed by atoms with Crippen molar-refractivity contribution >= 4 is 5.91 Å². The van der Waals surface area contributed by atoms with Gasteiger partial charge in [-0.1, -0.05) is 6.07 Å². The van der Waals surface area contributed by atoms with Crippen LogP contribution in [0.4, 0.5) is 8.78 Å². The molecule has 0 aliphatic carbocycles. The number of aromatic nitrogens is 2. The molecule has 3 rings (SSSR count). The molecule has 1 aliphatic rings. The lowest BCUT2D eigenvalue weighted by Crippen LogP contribution is -2.47. The first kappa shape index (κ1) is 15.6. The van der Waals surface area contributed by atoms with E-state index < -0.39 is 11.6 Å². The van der Waals surface area contributed by atoms with E-state index in [0.29, 0.717) is 12.2 Å². The van der Waals surface area contributed by atoms with Crippen LogP contribution in [0.5, 0.6) is 0 Å². The van der Waals surface area contributed by atoms with E-state index in [9.17, 15) is 13.6 Å². The van der Waals surface area contributed by atoms with Crippen LogP contribution in [0.15, 0.2) is 30.5 Å². The Morgan fingerprint density at radius 1 is 1.35 bits per heavy atom. The Bertz CT molecular complexity index is 654. The maximum Gasteiger partial charge on any atom is 0.269 e. The summed E-state index contributed by atoms with van der Waals surface area (Å²) in [4.78, 5) is 14.0. The van der Waals surface area contributed by atoms with E-state index in [0.717, 1.165) is 19.4 Å². The second-order valence-electron chi connectivity index (χ2n) is 5.72. The van der Waals surface area contributed by atoms with E-state index in [1.165, 1.54) is 24.4 Å². The number of nitrogens with zero attached hydrogens (tertiary/aromatic N) is 2. The van der Waals surface area contributed by atoms with Crippen molar-refractivity contribution in [3.63, 3.8) is 0 Å². The number of likely N-dealkylation sites (tertiary alicyclic amines) is 1. The zero-order valence-corrected chi connectivity index (χ0v) is 12.6. The lowest BCUT2D eigenvalue weighted by Gasteiger charge is -2.33. The molecule has 0 spiro atoms. The molecule has 2 aromatic rings. The van der Waals surface area contributed by atoms with Crippen molar-refractivity contribution < 1.29 is 13.6 Å². The summed E-state index contributed by atoms with van der Waals surface area (Å²) in [6, 6.07) is 5.44. The number of H-pyrrole nitrogens is 1. The molecule has 1 saturated heterocycles. The highest BCUT2D eigenvalue weighted by Gasteiger charge is 2.23. The van der Waals surface area contributed by atoms with Gasteiger partial charge in [-0.15, -0.1) is 0 Å². The number of aromatic amines is 1. The van der Waals surface area contributed by atoms with Crippen molar-refractivity contribution in [1.29, 1.82) is 0 Å². The smallest absolute Gasteiger partial charge is 0.269 e. The van der Waals surface area contributed by atoms with Crippen LogP contribution in [-0.4, -0.2) is 40.1 Å². The first-order valence-electron chi connectivity index (χ1n) is 7.59. The molecule has 122 valence electrons. The number of piperidine rings is 1. The molecule has 1 amide bonds. The molecule has 7 heteroatoms. The van der Waals surface area contributed by atoms with Crippen LogP contribution in [0, 0.1) is 11.6 Å². The van der Waals surface area contributed by atoms with E-state index in [-0.39, 0.29) is 24.1 Å². The average Bonchev–Trinajstić information content (AvgIpc) is 3.06. The summed E-state index contributed by atoms with van der Waals surface area (Å²) in [6.45, 7) is 1.52. The summed E-state index contributed by atoms with van der Waals surface area (Å²) < 4.78 is 27.5. The minimum atomic E-state index is -0.534. The number of rotatable bonds is 4. The van der Waals surface area contributed by atoms with Gasteiger partial charge in [-0.3, -0.25) is 14.8 Å². The van der Waals surface area contributed by atoms with Crippen molar-refractivity contribution in [3.05, 3.63) is 53.4 Å². The van der Waals surface area contributed by atoms with Gasteiger partial charge >= 0.3 is 0 Å². The Labute approximate surface area is 132 Å². The Morgan fingerprint density at radius 3 is 2.83 bits per heavy atom. The third-order valence-corrected chi connectivity index (χ3v) is 4.03. The van der Waals surface area contributed by atoms with Gasteiger partial charge in [-0.2, -0.15) is 5.10 Å². The first-order valence-corrected chi connectivity index (χ1v) is 7.59. The highest BCUT2D eigenvalue weighted by atomic mass is 19.1. The number of carbonyl (C=O) groups is 1. The molecular weight excluding hydrogens is 302 g/mol. The molecule has 1 atom stereocenters. The van der Waals surface area contributed by atoms with Crippen molar-refractivity contribution in [2.75, 3.05) is 13.1 Å².